The number of hydrogen-bond donors (Lipinski definition) is 2. The number of nitrogens with zero attached hydrogens (tertiary/aromatic N) is 1. The smallest absolute Gasteiger partial charge is 0.257 e. The van der Waals surface area contributed by atoms with E-state index in [4.69, 9.17) is 4.74 Å². The topological polar surface area (TPSA) is 84.1 Å². The molecular formula is C12H23N3O3S. The van der Waals surface area contributed by atoms with E-state index in [2.05, 4.69) is 28.5 Å². The first-order valence-corrected chi connectivity index (χ1v) is 8.05. The second-order valence-corrected chi connectivity index (χ2v) is 6.50. The van der Waals surface area contributed by atoms with Gasteiger partial charge in [-0.25, -0.2) is 18.1 Å². The van der Waals surface area contributed by atoms with Crippen molar-refractivity contribution in [1.29, 1.82) is 0 Å². The third-order valence-electron chi connectivity index (χ3n) is 2.44. The minimum Gasteiger partial charge on any atom is -0.381 e. The van der Waals surface area contributed by atoms with Crippen LogP contribution < -0.4 is 4.72 Å². The number of aryl methyl sites for hydroxylation is 1. The molecule has 6 nitrogen and oxygen atoms in total. The maximum Gasteiger partial charge on any atom is 0.257 e. The lowest BCUT2D eigenvalue weighted by atomic mass is 10.2. The Morgan fingerprint density at radius 1 is 1.47 bits per heavy atom. The monoisotopic (exact) mass is 289 g/mol. The zero-order valence-electron chi connectivity index (χ0n) is 11.8. The van der Waals surface area contributed by atoms with E-state index < -0.39 is 10.0 Å². The fourth-order valence-electron chi connectivity index (χ4n) is 1.44. The fourth-order valence-corrected chi connectivity index (χ4v) is 2.45. The molecule has 1 heterocycles. The van der Waals surface area contributed by atoms with Gasteiger partial charge in [-0.1, -0.05) is 20.8 Å². The maximum absolute atomic E-state index is 11.9. The highest BCUT2D eigenvalue weighted by Crippen LogP contribution is 2.05. The van der Waals surface area contributed by atoms with Crippen LogP contribution in [-0.4, -0.2) is 38.1 Å². The van der Waals surface area contributed by atoms with E-state index in [-0.39, 0.29) is 5.03 Å². The molecule has 0 aromatic carbocycles. The highest BCUT2D eigenvalue weighted by molar-refractivity contribution is 7.89. The van der Waals surface area contributed by atoms with Crippen molar-refractivity contribution in [3.8, 4) is 0 Å². The minimum absolute atomic E-state index is 0.118. The lowest BCUT2D eigenvalue weighted by Gasteiger charge is -2.07. The Kier molecular flexibility index (Phi) is 6.47. The maximum atomic E-state index is 11.9. The Morgan fingerprint density at radius 3 is 2.79 bits per heavy atom. The molecule has 0 unspecified atom stereocenters. The molecule has 1 aromatic heterocycles. The number of aromatic nitrogens is 2. The molecule has 110 valence electrons. The molecule has 0 radical (unpaired) electrons. The van der Waals surface area contributed by atoms with Crippen LogP contribution in [0.15, 0.2) is 11.2 Å². The van der Waals surface area contributed by atoms with Gasteiger partial charge in [-0.15, -0.1) is 0 Å². The van der Waals surface area contributed by atoms with E-state index >= 15 is 0 Å². The first-order chi connectivity index (χ1) is 8.95. The minimum atomic E-state index is -3.48. The van der Waals surface area contributed by atoms with Crippen molar-refractivity contribution < 1.29 is 13.2 Å². The molecule has 0 saturated carbocycles. The quantitative estimate of drug-likeness (QED) is 0.671. The normalized spacial score (nSPS) is 12.2. The van der Waals surface area contributed by atoms with E-state index in [0.29, 0.717) is 44.3 Å². The molecule has 19 heavy (non-hydrogen) atoms. The standard InChI is InChI=1S/C12H23N3O3S/c1-4-11-13-8-12(15-11)19(16,17)14-6-5-7-18-9-10(2)3/h8,10,14H,4-7,9H2,1-3H3,(H,13,15). The predicted molar refractivity (Wildman–Crippen MR) is 73.4 cm³/mol. The molecule has 0 aliphatic rings. The van der Waals surface area contributed by atoms with Gasteiger partial charge in [-0.2, -0.15) is 0 Å². The molecular weight excluding hydrogens is 266 g/mol. The van der Waals surface area contributed by atoms with Crippen LogP contribution in [0.5, 0.6) is 0 Å². The lowest BCUT2D eigenvalue weighted by Crippen LogP contribution is -2.26. The molecule has 1 aromatic rings. The van der Waals surface area contributed by atoms with Crippen LogP contribution in [0.1, 0.15) is 33.0 Å². The zero-order valence-corrected chi connectivity index (χ0v) is 12.6. The van der Waals surface area contributed by atoms with Crippen LogP contribution in [0.2, 0.25) is 0 Å². The van der Waals surface area contributed by atoms with Crippen LogP contribution in [0.4, 0.5) is 0 Å². The van der Waals surface area contributed by atoms with Crippen molar-refractivity contribution in [3.63, 3.8) is 0 Å². The number of hydrogen-bond acceptors (Lipinski definition) is 4. The van der Waals surface area contributed by atoms with Crippen molar-refractivity contribution >= 4 is 10.0 Å². The summed E-state index contributed by atoms with van der Waals surface area (Å²) < 4.78 is 31.7. The highest BCUT2D eigenvalue weighted by atomic mass is 32.2. The van der Waals surface area contributed by atoms with Gasteiger partial charge in [0.15, 0.2) is 5.03 Å². The van der Waals surface area contributed by atoms with Gasteiger partial charge in [0.1, 0.15) is 5.82 Å². The van der Waals surface area contributed by atoms with Gasteiger partial charge in [0.2, 0.25) is 0 Å². The largest absolute Gasteiger partial charge is 0.381 e. The second-order valence-electron chi connectivity index (χ2n) is 4.77. The molecule has 0 amide bonds. The Morgan fingerprint density at radius 2 is 2.21 bits per heavy atom. The van der Waals surface area contributed by atoms with Crippen molar-refractivity contribution in [2.24, 2.45) is 5.92 Å². The summed E-state index contributed by atoms with van der Waals surface area (Å²) in [5, 5.41) is 0.118. The summed E-state index contributed by atoms with van der Waals surface area (Å²) >= 11 is 0. The number of ether oxygens (including phenoxy) is 1. The summed E-state index contributed by atoms with van der Waals surface area (Å²) in [4.78, 5) is 6.76. The van der Waals surface area contributed by atoms with Gasteiger partial charge < -0.3 is 9.72 Å². The van der Waals surface area contributed by atoms with Crippen molar-refractivity contribution in [2.45, 2.75) is 38.6 Å². The first-order valence-electron chi connectivity index (χ1n) is 6.57. The number of imidazole rings is 1. The second kappa shape index (κ2) is 7.62. The van der Waals surface area contributed by atoms with Gasteiger partial charge in [0.25, 0.3) is 10.0 Å². The summed E-state index contributed by atoms with van der Waals surface area (Å²) in [6.45, 7) is 7.69. The van der Waals surface area contributed by atoms with E-state index in [9.17, 15) is 8.42 Å². The third-order valence-corrected chi connectivity index (χ3v) is 3.81. The summed E-state index contributed by atoms with van der Waals surface area (Å²) in [5.74, 6) is 1.16. The number of nitrogens with one attached hydrogen (secondary N) is 2. The Hall–Kier alpha value is -0.920. The summed E-state index contributed by atoms with van der Waals surface area (Å²) in [7, 11) is -3.48. The molecule has 0 saturated heterocycles. The van der Waals surface area contributed by atoms with Crippen LogP contribution >= 0.6 is 0 Å². The number of rotatable bonds is 9. The van der Waals surface area contributed by atoms with Crippen molar-refractivity contribution in [3.05, 3.63) is 12.0 Å². The number of sulfonamides is 1. The number of H-pyrrole nitrogens is 1. The van der Waals surface area contributed by atoms with Crippen LogP contribution in [0.3, 0.4) is 0 Å². The SMILES string of the molecule is CCc1ncc(S(=O)(=O)NCCCOCC(C)C)[nH]1. The Labute approximate surface area is 115 Å². The van der Waals surface area contributed by atoms with Gasteiger partial charge in [-0.3, -0.25) is 0 Å². The Balaban J connectivity index is 2.31. The van der Waals surface area contributed by atoms with Crippen LogP contribution in [-0.2, 0) is 21.2 Å². The molecule has 0 aliphatic carbocycles. The molecule has 0 aliphatic heterocycles. The van der Waals surface area contributed by atoms with Crippen molar-refractivity contribution in [1.82, 2.24) is 14.7 Å². The number of aromatic amines is 1. The van der Waals surface area contributed by atoms with E-state index in [1.54, 1.807) is 0 Å². The summed E-state index contributed by atoms with van der Waals surface area (Å²) in [6, 6.07) is 0. The highest BCUT2D eigenvalue weighted by Gasteiger charge is 2.15. The summed E-state index contributed by atoms with van der Waals surface area (Å²) in [5.41, 5.74) is 0. The molecule has 7 heteroatoms. The van der Waals surface area contributed by atoms with E-state index in [0.717, 1.165) is 0 Å². The lowest BCUT2D eigenvalue weighted by molar-refractivity contribution is 0.108. The van der Waals surface area contributed by atoms with Crippen LogP contribution in [0.25, 0.3) is 0 Å². The molecule has 1 rings (SSSR count). The fraction of sp³-hybridized carbons (Fsp3) is 0.750. The van der Waals surface area contributed by atoms with Crippen LogP contribution in [0, 0.1) is 5.92 Å². The first kappa shape index (κ1) is 16.1. The third kappa shape index (κ3) is 5.71. The molecule has 0 spiro atoms. The average Bonchev–Trinajstić information content (AvgIpc) is 2.82. The molecule has 0 atom stereocenters. The zero-order chi connectivity index (χ0) is 14.3. The van der Waals surface area contributed by atoms with E-state index in [1.165, 1.54) is 6.20 Å². The molecule has 0 fully saturated rings. The average molecular weight is 289 g/mol. The Bertz CT molecular complexity index is 468. The van der Waals surface area contributed by atoms with E-state index in [1.807, 2.05) is 6.92 Å². The van der Waals surface area contributed by atoms with Gasteiger partial charge >= 0.3 is 0 Å². The molecule has 2 N–H and O–H groups in total. The van der Waals surface area contributed by atoms with Gasteiger partial charge in [-0.05, 0) is 12.3 Å². The van der Waals surface area contributed by atoms with Gasteiger partial charge in [0.05, 0.1) is 6.20 Å². The summed E-state index contributed by atoms with van der Waals surface area (Å²) in [6.07, 6.45) is 2.68. The molecule has 0 bridgehead atoms. The van der Waals surface area contributed by atoms with Crippen molar-refractivity contribution in [2.75, 3.05) is 19.8 Å². The van der Waals surface area contributed by atoms with Gasteiger partial charge in [0, 0.05) is 26.2 Å². The predicted octanol–water partition coefficient (Wildman–Crippen LogP) is 1.31.